The molecule has 0 aliphatic rings. The molecule has 2 aromatic carbocycles. The van der Waals surface area contributed by atoms with Crippen LogP contribution >= 0.6 is 11.8 Å². The summed E-state index contributed by atoms with van der Waals surface area (Å²) in [5.41, 5.74) is 1.84. The van der Waals surface area contributed by atoms with Gasteiger partial charge in [0, 0.05) is 11.2 Å². The molecule has 5 heteroatoms. The molecule has 0 fully saturated rings. The molecular weight excluding hydrogens is 344 g/mol. The fourth-order valence-corrected chi connectivity index (χ4v) is 3.70. The van der Waals surface area contributed by atoms with Gasteiger partial charge in [-0.15, -0.1) is 0 Å². The number of aromatic nitrogens is 2. The second-order valence-electron chi connectivity index (χ2n) is 6.20. The predicted molar refractivity (Wildman–Crippen MR) is 106 cm³/mol. The third-order valence-corrected chi connectivity index (χ3v) is 5.51. The second-order valence-corrected chi connectivity index (χ2v) is 7.63. The first-order chi connectivity index (χ1) is 12.6. The molecule has 4 nitrogen and oxygen atoms in total. The number of nitrogens with zero attached hydrogens (tertiary/aromatic N) is 1. The predicted octanol–water partition coefficient (Wildman–Crippen LogP) is 4.55. The lowest BCUT2D eigenvalue weighted by Crippen LogP contribution is -2.20. The number of aromatic amines is 1. The smallest absolute Gasteiger partial charge is 0.259 e. The van der Waals surface area contributed by atoms with Crippen LogP contribution in [0.25, 0.3) is 0 Å². The highest BCUT2D eigenvalue weighted by Gasteiger charge is 2.25. The van der Waals surface area contributed by atoms with Crippen LogP contribution in [0.3, 0.4) is 0 Å². The number of rotatable bonds is 6. The molecule has 3 rings (SSSR count). The lowest BCUT2D eigenvalue weighted by atomic mass is 9.86. The van der Waals surface area contributed by atoms with Gasteiger partial charge in [-0.3, -0.25) is 4.79 Å². The number of hydrogen-bond donors (Lipinski definition) is 2. The van der Waals surface area contributed by atoms with Crippen LogP contribution in [0.15, 0.2) is 70.6 Å². The molecule has 0 unspecified atom stereocenters. The Bertz CT molecular complexity index is 871. The topological polar surface area (TPSA) is 66.0 Å². The summed E-state index contributed by atoms with van der Waals surface area (Å²) >= 11 is 1.46. The van der Waals surface area contributed by atoms with Crippen LogP contribution in [-0.2, 0) is 0 Å². The minimum Gasteiger partial charge on any atom is -0.493 e. The van der Waals surface area contributed by atoms with E-state index in [0.717, 1.165) is 17.5 Å². The van der Waals surface area contributed by atoms with Gasteiger partial charge >= 0.3 is 0 Å². The van der Waals surface area contributed by atoms with Crippen LogP contribution in [-0.4, -0.2) is 20.3 Å². The lowest BCUT2D eigenvalue weighted by molar-refractivity contribution is 0.434. The summed E-state index contributed by atoms with van der Waals surface area (Å²) in [5, 5.41) is 11.4. The van der Waals surface area contributed by atoms with E-state index >= 15 is 0 Å². The van der Waals surface area contributed by atoms with Crippen LogP contribution in [0, 0.1) is 0 Å². The molecule has 1 aromatic heterocycles. The van der Waals surface area contributed by atoms with Crippen molar-refractivity contribution in [2.24, 2.45) is 0 Å². The first-order valence-corrected chi connectivity index (χ1v) is 9.57. The molecule has 134 valence electrons. The van der Waals surface area contributed by atoms with E-state index in [1.165, 1.54) is 11.8 Å². The van der Waals surface area contributed by atoms with E-state index in [4.69, 9.17) is 0 Å². The molecule has 2 N–H and O–H groups in total. The van der Waals surface area contributed by atoms with E-state index in [1.807, 2.05) is 60.7 Å². The van der Waals surface area contributed by atoms with E-state index in [2.05, 4.69) is 23.8 Å². The molecule has 0 aliphatic carbocycles. The van der Waals surface area contributed by atoms with Crippen molar-refractivity contribution in [1.29, 1.82) is 0 Å². The molecule has 26 heavy (non-hydrogen) atoms. The van der Waals surface area contributed by atoms with Crippen molar-refractivity contribution in [2.45, 2.75) is 36.6 Å². The van der Waals surface area contributed by atoms with Gasteiger partial charge in [0.05, 0.1) is 5.56 Å². The Morgan fingerprint density at radius 1 is 1.04 bits per heavy atom. The van der Waals surface area contributed by atoms with Gasteiger partial charge in [-0.2, -0.15) is 4.98 Å². The number of benzene rings is 2. The summed E-state index contributed by atoms with van der Waals surface area (Å²) in [4.78, 5) is 19.9. The van der Waals surface area contributed by atoms with Crippen LogP contribution in [0.1, 0.15) is 42.9 Å². The summed E-state index contributed by atoms with van der Waals surface area (Å²) in [6.45, 7) is 4.14. The number of nitrogens with one attached hydrogen (secondary N) is 1. The molecule has 0 bridgehead atoms. The Labute approximate surface area is 157 Å². The lowest BCUT2D eigenvalue weighted by Gasteiger charge is -2.19. The molecular formula is C21H22N2O2S. The van der Waals surface area contributed by atoms with E-state index in [0.29, 0.717) is 10.4 Å². The van der Waals surface area contributed by atoms with Crippen molar-refractivity contribution >= 4 is 11.8 Å². The van der Waals surface area contributed by atoms with E-state index in [9.17, 15) is 9.90 Å². The summed E-state index contributed by atoms with van der Waals surface area (Å²) < 4.78 is 0. The van der Waals surface area contributed by atoms with Crippen molar-refractivity contribution < 1.29 is 5.11 Å². The van der Waals surface area contributed by atoms with Crippen LogP contribution in [0.4, 0.5) is 0 Å². The fourth-order valence-electron chi connectivity index (χ4n) is 2.86. The van der Waals surface area contributed by atoms with Crippen LogP contribution in [0.2, 0.25) is 0 Å². The van der Waals surface area contributed by atoms with Gasteiger partial charge < -0.3 is 10.1 Å². The van der Waals surface area contributed by atoms with Crippen molar-refractivity contribution in [1.82, 2.24) is 9.97 Å². The van der Waals surface area contributed by atoms with Gasteiger partial charge in [-0.25, -0.2) is 0 Å². The fraction of sp³-hybridized carbons (Fsp3) is 0.238. The maximum absolute atomic E-state index is 12.8. The van der Waals surface area contributed by atoms with Crippen LogP contribution < -0.4 is 5.56 Å². The van der Waals surface area contributed by atoms with E-state index in [1.54, 1.807) is 0 Å². The second kappa shape index (κ2) is 8.23. The Kier molecular flexibility index (Phi) is 5.78. The van der Waals surface area contributed by atoms with E-state index < -0.39 is 0 Å². The molecule has 0 radical (unpaired) electrons. The average molecular weight is 366 g/mol. The Morgan fingerprint density at radius 3 is 2.04 bits per heavy atom. The Balaban J connectivity index is 2.12. The maximum atomic E-state index is 12.8. The molecule has 3 aromatic rings. The normalized spacial score (nSPS) is 12.3. The van der Waals surface area contributed by atoms with Gasteiger partial charge in [-0.05, 0) is 17.5 Å². The summed E-state index contributed by atoms with van der Waals surface area (Å²) in [6.07, 6.45) is 0.952. The highest BCUT2D eigenvalue weighted by atomic mass is 32.2. The number of thioether (sulfide) groups is 1. The summed E-state index contributed by atoms with van der Waals surface area (Å²) in [5.74, 6) is -0.589. The summed E-state index contributed by atoms with van der Waals surface area (Å²) in [6, 6.07) is 19.4. The first kappa shape index (κ1) is 18.3. The third kappa shape index (κ3) is 3.99. The van der Waals surface area contributed by atoms with Crippen LogP contribution in [0.5, 0.6) is 5.88 Å². The zero-order valence-electron chi connectivity index (χ0n) is 14.8. The average Bonchev–Trinajstić information content (AvgIpc) is 2.66. The van der Waals surface area contributed by atoms with Gasteiger partial charge in [0.15, 0.2) is 5.16 Å². The Morgan fingerprint density at radius 2 is 1.58 bits per heavy atom. The van der Waals surface area contributed by atoms with Gasteiger partial charge in [0.25, 0.3) is 5.56 Å². The van der Waals surface area contributed by atoms with Crippen molar-refractivity contribution in [3.8, 4) is 5.88 Å². The van der Waals surface area contributed by atoms with Crippen molar-refractivity contribution in [3.63, 3.8) is 0 Å². The molecule has 0 saturated heterocycles. The highest BCUT2D eigenvalue weighted by molar-refractivity contribution is 7.99. The highest BCUT2D eigenvalue weighted by Crippen LogP contribution is 2.34. The van der Waals surface area contributed by atoms with Crippen molar-refractivity contribution in [3.05, 3.63) is 87.7 Å². The quantitative estimate of drug-likeness (QED) is 0.496. The zero-order chi connectivity index (χ0) is 18.5. The first-order valence-electron chi connectivity index (χ1n) is 8.69. The maximum Gasteiger partial charge on any atom is 0.259 e. The molecule has 0 amide bonds. The largest absolute Gasteiger partial charge is 0.493 e. The van der Waals surface area contributed by atoms with Crippen molar-refractivity contribution in [2.75, 3.05) is 0 Å². The molecule has 1 heterocycles. The number of H-pyrrole nitrogens is 1. The molecule has 0 aliphatic heterocycles. The van der Waals surface area contributed by atoms with Gasteiger partial charge in [0.1, 0.15) is 0 Å². The molecule has 0 spiro atoms. The number of hydrogen-bond acceptors (Lipinski definition) is 4. The third-order valence-electron chi connectivity index (χ3n) is 4.36. The summed E-state index contributed by atoms with van der Waals surface area (Å²) in [7, 11) is 0. The minimum atomic E-state index is -0.378. The minimum absolute atomic E-state index is 0.211. The zero-order valence-corrected chi connectivity index (χ0v) is 15.7. The standard InChI is InChI=1S/C21H22N2O2S/c1-3-14(2)26-21-22-19(24)18(20(25)23-21)17(15-10-6-4-7-11-15)16-12-8-5-9-13-16/h4-14,17H,3H2,1-2H3,(H2,22,23,24,25)/t14-/m0/s1. The number of aromatic hydroxyl groups is 1. The monoisotopic (exact) mass is 366 g/mol. The molecule has 0 saturated carbocycles. The van der Waals surface area contributed by atoms with Gasteiger partial charge in [-0.1, -0.05) is 86.3 Å². The SMILES string of the molecule is CC[C@H](C)Sc1nc(O)c(C(c2ccccc2)c2ccccc2)c(=O)[nH]1. The molecule has 1 atom stereocenters. The van der Waals surface area contributed by atoms with Gasteiger partial charge in [0.2, 0.25) is 5.88 Å². The Hall–Kier alpha value is -2.53. The van der Waals surface area contributed by atoms with E-state index in [-0.39, 0.29) is 22.9 Å².